The van der Waals surface area contributed by atoms with Crippen molar-refractivity contribution < 1.29 is 22.7 Å². The van der Waals surface area contributed by atoms with Gasteiger partial charge < -0.3 is 14.2 Å². The van der Waals surface area contributed by atoms with E-state index < -0.39 is 17.6 Å². The smallest absolute Gasteiger partial charge is 0.444 e. The van der Waals surface area contributed by atoms with Crippen LogP contribution >= 0.6 is 0 Å². The highest BCUT2D eigenvalue weighted by atomic mass is 19.4. The zero-order valence-corrected chi connectivity index (χ0v) is 21.3. The van der Waals surface area contributed by atoms with Crippen molar-refractivity contribution in [2.45, 2.75) is 45.5 Å². The number of carbonyl (C=O) groups is 1. The van der Waals surface area contributed by atoms with Gasteiger partial charge >= 0.3 is 12.3 Å². The molecule has 1 aliphatic heterocycles. The van der Waals surface area contributed by atoms with Crippen molar-refractivity contribution in [3.8, 4) is 16.8 Å². The average molecular weight is 526 g/mol. The Hall–Kier alpha value is -4.15. The van der Waals surface area contributed by atoms with Crippen LogP contribution < -0.4 is 5.56 Å². The number of rotatable bonds is 2. The largest absolute Gasteiger partial charge is 0.451 e. The molecule has 4 heterocycles. The van der Waals surface area contributed by atoms with Crippen LogP contribution in [0.2, 0.25) is 0 Å². The van der Waals surface area contributed by atoms with E-state index in [1.54, 1.807) is 17.2 Å². The van der Waals surface area contributed by atoms with Crippen LogP contribution in [0, 0.1) is 0 Å². The van der Waals surface area contributed by atoms with Gasteiger partial charge in [0.25, 0.3) is 5.56 Å². The quantitative estimate of drug-likeness (QED) is 0.364. The topological polar surface area (TPSA) is 82.3 Å². The molecule has 0 atom stereocenters. The summed E-state index contributed by atoms with van der Waals surface area (Å²) in [6.07, 6.45) is -0.624. The van der Waals surface area contributed by atoms with Crippen molar-refractivity contribution in [1.29, 1.82) is 0 Å². The summed E-state index contributed by atoms with van der Waals surface area (Å²) >= 11 is 0. The first-order chi connectivity index (χ1) is 17.8. The molecule has 1 aliphatic rings. The fourth-order valence-electron chi connectivity index (χ4n) is 4.69. The molecule has 8 nitrogen and oxygen atoms in total. The number of ether oxygens (including phenoxy) is 1. The Balaban J connectivity index is 1.44. The van der Waals surface area contributed by atoms with Crippen LogP contribution in [0.4, 0.5) is 18.0 Å². The molecule has 0 unspecified atom stereocenters. The molecule has 1 amide bonds. The summed E-state index contributed by atoms with van der Waals surface area (Å²) in [5.74, 6) is -1.23. The van der Waals surface area contributed by atoms with Gasteiger partial charge in [0.15, 0.2) is 0 Å². The number of nitrogens with zero attached hydrogens (tertiary/aromatic N) is 5. The lowest BCUT2D eigenvalue weighted by molar-refractivity contribution is -0.145. The summed E-state index contributed by atoms with van der Waals surface area (Å²) in [4.78, 5) is 34.0. The van der Waals surface area contributed by atoms with Crippen LogP contribution in [-0.2, 0) is 30.9 Å². The summed E-state index contributed by atoms with van der Waals surface area (Å²) in [5, 5.41) is 0.992. The Morgan fingerprint density at radius 1 is 1.03 bits per heavy atom. The van der Waals surface area contributed by atoms with Crippen LogP contribution in [0.3, 0.4) is 0 Å². The first kappa shape index (κ1) is 25.5. The van der Waals surface area contributed by atoms with Crippen LogP contribution in [0.15, 0.2) is 53.7 Å². The third-order valence-electron chi connectivity index (χ3n) is 6.48. The van der Waals surface area contributed by atoms with Crippen molar-refractivity contribution in [2.75, 3.05) is 6.54 Å². The minimum absolute atomic E-state index is 0.308. The summed E-state index contributed by atoms with van der Waals surface area (Å²) in [6, 6.07) is 8.65. The van der Waals surface area contributed by atoms with Gasteiger partial charge in [-0.3, -0.25) is 9.36 Å². The van der Waals surface area contributed by atoms with Gasteiger partial charge in [0.1, 0.15) is 5.60 Å². The fraction of sp³-hybridized carbons (Fsp3) is 0.333. The number of carbonyl (C=O) groups excluding carboxylic acids is 1. The van der Waals surface area contributed by atoms with Gasteiger partial charge in [-0.15, -0.1) is 0 Å². The molecule has 0 radical (unpaired) electrons. The molecular formula is C27H26F3N5O3. The highest BCUT2D eigenvalue weighted by Crippen LogP contribution is 2.32. The SMILES string of the molecule is Cn1c2c(c3ccc(-n4ccc(-c5cnc(C(F)(F)F)nc5)cc4=O)cc31)CN(C(=O)OC(C)(C)C)CC2. The number of aromatic nitrogens is 4. The molecule has 198 valence electrons. The van der Waals surface area contributed by atoms with Gasteiger partial charge in [-0.1, -0.05) is 6.07 Å². The number of halogens is 3. The maximum absolute atomic E-state index is 13.0. The summed E-state index contributed by atoms with van der Waals surface area (Å²) in [7, 11) is 1.96. The number of hydrogen-bond acceptors (Lipinski definition) is 5. The van der Waals surface area contributed by atoms with E-state index in [9.17, 15) is 22.8 Å². The molecular weight excluding hydrogens is 499 g/mol. The normalized spacial score (nSPS) is 14.0. The van der Waals surface area contributed by atoms with E-state index in [-0.39, 0.29) is 11.7 Å². The van der Waals surface area contributed by atoms with Gasteiger partial charge in [0, 0.05) is 66.9 Å². The van der Waals surface area contributed by atoms with E-state index in [0.29, 0.717) is 36.3 Å². The second-order valence-electron chi connectivity index (χ2n) is 10.3. The Labute approximate surface area is 216 Å². The summed E-state index contributed by atoms with van der Waals surface area (Å²) < 4.78 is 47.4. The van der Waals surface area contributed by atoms with Crippen molar-refractivity contribution in [1.82, 2.24) is 24.0 Å². The highest BCUT2D eigenvalue weighted by Gasteiger charge is 2.34. The molecule has 11 heteroatoms. The molecule has 0 aliphatic carbocycles. The minimum Gasteiger partial charge on any atom is -0.444 e. The Morgan fingerprint density at radius 3 is 2.37 bits per heavy atom. The molecule has 1 aromatic carbocycles. The van der Waals surface area contributed by atoms with E-state index in [1.165, 1.54) is 10.6 Å². The van der Waals surface area contributed by atoms with Crippen LogP contribution in [-0.4, -0.2) is 42.2 Å². The van der Waals surface area contributed by atoms with Gasteiger partial charge in [0.05, 0.1) is 17.7 Å². The van der Waals surface area contributed by atoms with Gasteiger partial charge in [-0.25, -0.2) is 14.8 Å². The molecule has 0 bridgehead atoms. The van der Waals surface area contributed by atoms with Crippen LogP contribution in [0.5, 0.6) is 0 Å². The predicted molar refractivity (Wildman–Crippen MR) is 135 cm³/mol. The first-order valence-corrected chi connectivity index (χ1v) is 12.0. The standard InChI is InChI=1S/C27H26F3N5O3/c1-26(2,3)38-25(37)34-9-8-21-20(15-34)19-6-5-18(12-22(19)33(21)4)35-10-7-16(11-23(35)36)17-13-31-24(32-14-17)27(28,29)30/h5-7,10-14H,8-9,15H2,1-4H3. The molecule has 4 aromatic rings. The van der Waals surface area contributed by atoms with E-state index >= 15 is 0 Å². The van der Waals surface area contributed by atoms with E-state index in [2.05, 4.69) is 14.5 Å². The third kappa shape index (κ3) is 4.75. The Kier molecular flexibility index (Phi) is 6.04. The summed E-state index contributed by atoms with van der Waals surface area (Å²) in [5.41, 5.74) is 3.54. The number of benzene rings is 1. The lowest BCUT2D eigenvalue weighted by Gasteiger charge is -2.30. The maximum Gasteiger partial charge on any atom is 0.451 e. The predicted octanol–water partition coefficient (Wildman–Crippen LogP) is 5.10. The third-order valence-corrected chi connectivity index (χ3v) is 6.48. The second kappa shape index (κ2) is 9.00. The Morgan fingerprint density at radius 2 is 1.74 bits per heavy atom. The minimum atomic E-state index is -4.63. The number of alkyl halides is 3. The van der Waals surface area contributed by atoms with Crippen LogP contribution in [0.25, 0.3) is 27.7 Å². The van der Waals surface area contributed by atoms with E-state index in [4.69, 9.17) is 4.74 Å². The molecule has 0 saturated carbocycles. The summed E-state index contributed by atoms with van der Waals surface area (Å²) in [6.45, 7) is 6.50. The molecule has 0 saturated heterocycles. The van der Waals surface area contributed by atoms with Crippen molar-refractivity contribution in [3.63, 3.8) is 0 Å². The molecule has 0 fully saturated rings. The van der Waals surface area contributed by atoms with Gasteiger partial charge in [-0.2, -0.15) is 13.2 Å². The number of pyridine rings is 1. The molecule has 0 N–H and O–H groups in total. The lowest BCUT2D eigenvalue weighted by Crippen LogP contribution is -2.40. The van der Waals surface area contributed by atoms with Crippen molar-refractivity contribution in [3.05, 3.63) is 76.4 Å². The second-order valence-corrected chi connectivity index (χ2v) is 10.3. The van der Waals surface area contributed by atoms with E-state index in [1.807, 2.05) is 46.0 Å². The van der Waals surface area contributed by atoms with E-state index in [0.717, 1.165) is 34.6 Å². The maximum atomic E-state index is 13.0. The number of hydrogen-bond donors (Lipinski definition) is 0. The van der Waals surface area contributed by atoms with Crippen LogP contribution in [0.1, 0.15) is 37.9 Å². The first-order valence-electron chi connectivity index (χ1n) is 12.0. The average Bonchev–Trinajstić information content (AvgIpc) is 3.13. The zero-order valence-electron chi connectivity index (χ0n) is 21.3. The monoisotopic (exact) mass is 525 g/mol. The zero-order chi connectivity index (χ0) is 27.4. The fourth-order valence-corrected chi connectivity index (χ4v) is 4.69. The number of fused-ring (bicyclic) bond motifs is 3. The van der Waals surface area contributed by atoms with Gasteiger partial charge in [-0.05, 0) is 44.5 Å². The number of amides is 1. The Bertz CT molecular complexity index is 1600. The number of aryl methyl sites for hydroxylation is 1. The molecule has 0 spiro atoms. The molecule has 5 rings (SSSR count). The van der Waals surface area contributed by atoms with Crippen molar-refractivity contribution >= 4 is 17.0 Å². The lowest BCUT2D eigenvalue weighted by atomic mass is 10.0. The highest BCUT2D eigenvalue weighted by molar-refractivity contribution is 5.88. The van der Waals surface area contributed by atoms with Crippen molar-refractivity contribution in [2.24, 2.45) is 7.05 Å². The molecule has 38 heavy (non-hydrogen) atoms. The molecule has 3 aromatic heterocycles. The van der Waals surface area contributed by atoms with Gasteiger partial charge in [0.2, 0.25) is 5.82 Å².